The molecule has 1 heterocycles. The average Bonchev–Trinajstić information content (AvgIpc) is 2.25. The highest BCUT2D eigenvalue weighted by molar-refractivity contribution is 5.92. The predicted molar refractivity (Wildman–Crippen MR) is 47.1 cm³/mol. The molecule has 0 saturated carbocycles. The van der Waals surface area contributed by atoms with Gasteiger partial charge in [0.1, 0.15) is 5.56 Å². The first kappa shape index (κ1) is 12.3. The van der Waals surface area contributed by atoms with Gasteiger partial charge in [-0.15, -0.1) is 0 Å². The van der Waals surface area contributed by atoms with Crippen LogP contribution in [-0.4, -0.2) is 30.8 Å². The highest BCUT2D eigenvalue weighted by atomic mass is 19.4. The molecule has 16 heavy (non-hydrogen) atoms. The van der Waals surface area contributed by atoms with Crippen molar-refractivity contribution >= 4 is 5.97 Å². The van der Waals surface area contributed by atoms with Gasteiger partial charge >= 0.3 is 12.1 Å². The maximum absolute atomic E-state index is 11.9. The Morgan fingerprint density at radius 3 is 2.75 bits per heavy atom. The lowest BCUT2D eigenvalue weighted by molar-refractivity contribution is -0.153. The zero-order valence-corrected chi connectivity index (χ0v) is 8.25. The third-order valence-corrected chi connectivity index (χ3v) is 1.58. The fraction of sp³-hybridized carbons (Fsp3) is 0.333. The molecule has 7 heteroatoms. The van der Waals surface area contributed by atoms with E-state index >= 15 is 0 Å². The Hall–Kier alpha value is -1.79. The largest absolute Gasteiger partial charge is 0.482 e. The molecule has 0 N–H and O–H groups in total. The van der Waals surface area contributed by atoms with Crippen molar-refractivity contribution in [2.24, 2.45) is 0 Å². The summed E-state index contributed by atoms with van der Waals surface area (Å²) in [6.07, 6.45) is -2.19. The van der Waals surface area contributed by atoms with Crippen molar-refractivity contribution in [1.82, 2.24) is 4.98 Å². The maximum atomic E-state index is 11.9. The van der Waals surface area contributed by atoms with E-state index in [1.807, 2.05) is 0 Å². The number of hydrogen-bond donors (Lipinski definition) is 0. The molecule has 1 aromatic rings. The maximum Gasteiger partial charge on any atom is 0.422 e. The standard InChI is InChI=1S/C9H8F3NO3/c1-15-8(14)6-2-3-13-4-7(6)16-5-9(10,11)12/h2-4H,5H2,1H3. The summed E-state index contributed by atoms with van der Waals surface area (Å²) in [7, 11) is 1.12. The minimum Gasteiger partial charge on any atom is -0.482 e. The van der Waals surface area contributed by atoms with Gasteiger partial charge in [0.05, 0.1) is 13.3 Å². The molecule has 0 unspecified atom stereocenters. The lowest BCUT2D eigenvalue weighted by Gasteiger charge is -2.11. The van der Waals surface area contributed by atoms with Crippen LogP contribution < -0.4 is 4.74 Å². The number of halogens is 3. The Morgan fingerprint density at radius 1 is 1.50 bits per heavy atom. The third kappa shape index (κ3) is 3.41. The van der Waals surface area contributed by atoms with E-state index in [4.69, 9.17) is 0 Å². The number of rotatable bonds is 3. The Bertz CT molecular complexity index is 379. The van der Waals surface area contributed by atoms with Gasteiger partial charge in [0.25, 0.3) is 0 Å². The second kappa shape index (κ2) is 4.82. The van der Waals surface area contributed by atoms with Crippen LogP contribution in [0, 0.1) is 0 Å². The Balaban J connectivity index is 2.83. The average molecular weight is 235 g/mol. The van der Waals surface area contributed by atoms with Crippen LogP contribution in [-0.2, 0) is 4.74 Å². The molecule has 1 aromatic heterocycles. The van der Waals surface area contributed by atoms with Gasteiger partial charge in [-0.05, 0) is 6.07 Å². The summed E-state index contributed by atoms with van der Waals surface area (Å²) in [6.45, 7) is -1.48. The number of alkyl halides is 3. The van der Waals surface area contributed by atoms with E-state index < -0.39 is 18.8 Å². The first-order valence-electron chi connectivity index (χ1n) is 4.16. The quantitative estimate of drug-likeness (QED) is 0.749. The molecule has 0 amide bonds. The van der Waals surface area contributed by atoms with E-state index in [2.05, 4.69) is 14.5 Å². The summed E-state index contributed by atoms with van der Waals surface area (Å²) < 4.78 is 44.5. The number of ether oxygens (including phenoxy) is 2. The summed E-state index contributed by atoms with van der Waals surface area (Å²) in [6, 6.07) is 1.22. The van der Waals surface area contributed by atoms with Crippen molar-refractivity contribution in [1.29, 1.82) is 0 Å². The zero-order chi connectivity index (χ0) is 12.2. The van der Waals surface area contributed by atoms with Gasteiger partial charge in [-0.1, -0.05) is 0 Å². The lowest BCUT2D eigenvalue weighted by atomic mass is 10.2. The molecule has 0 bridgehead atoms. The molecular weight excluding hydrogens is 227 g/mol. The van der Waals surface area contributed by atoms with Crippen molar-refractivity contribution < 1.29 is 27.4 Å². The van der Waals surface area contributed by atoms with Gasteiger partial charge in [-0.25, -0.2) is 4.79 Å². The van der Waals surface area contributed by atoms with Crippen molar-refractivity contribution in [3.63, 3.8) is 0 Å². The van der Waals surface area contributed by atoms with E-state index in [0.29, 0.717) is 0 Å². The lowest BCUT2D eigenvalue weighted by Crippen LogP contribution is -2.20. The van der Waals surface area contributed by atoms with Gasteiger partial charge < -0.3 is 9.47 Å². The molecule has 0 aliphatic heterocycles. The number of aromatic nitrogens is 1. The number of pyridine rings is 1. The number of methoxy groups -OCH3 is 1. The van der Waals surface area contributed by atoms with E-state index in [1.165, 1.54) is 12.3 Å². The molecule has 0 aliphatic carbocycles. The van der Waals surface area contributed by atoms with Crippen LogP contribution in [0.5, 0.6) is 5.75 Å². The van der Waals surface area contributed by atoms with E-state index in [9.17, 15) is 18.0 Å². The molecule has 0 atom stereocenters. The summed E-state index contributed by atoms with van der Waals surface area (Å²) in [5.74, 6) is -1.04. The highest BCUT2D eigenvalue weighted by Gasteiger charge is 2.29. The molecule has 0 spiro atoms. The molecule has 1 rings (SSSR count). The number of esters is 1. The summed E-state index contributed by atoms with van der Waals surface area (Å²) in [4.78, 5) is 14.7. The number of carbonyl (C=O) groups is 1. The van der Waals surface area contributed by atoms with Crippen molar-refractivity contribution in [2.45, 2.75) is 6.18 Å². The number of nitrogens with zero attached hydrogens (tertiary/aromatic N) is 1. The first-order chi connectivity index (χ1) is 7.44. The molecule has 4 nitrogen and oxygen atoms in total. The van der Waals surface area contributed by atoms with E-state index in [0.717, 1.165) is 13.3 Å². The van der Waals surface area contributed by atoms with Gasteiger partial charge in [0.2, 0.25) is 0 Å². The van der Waals surface area contributed by atoms with Gasteiger partial charge in [0.15, 0.2) is 12.4 Å². The minimum atomic E-state index is -4.47. The smallest absolute Gasteiger partial charge is 0.422 e. The Labute approximate surface area is 89.0 Å². The predicted octanol–water partition coefficient (Wildman–Crippen LogP) is 1.81. The molecule has 0 aromatic carbocycles. The summed E-state index contributed by atoms with van der Waals surface area (Å²) in [5.41, 5.74) is -0.0956. The van der Waals surface area contributed by atoms with E-state index in [-0.39, 0.29) is 11.3 Å². The fourth-order valence-corrected chi connectivity index (χ4v) is 0.933. The SMILES string of the molecule is COC(=O)c1ccncc1OCC(F)(F)F. The van der Waals surface area contributed by atoms with Crippen LogP contribution in [0.4, 0.5) is 13.2 Å². The van der Waals surface area contributed by atoms with Crippen LogP contribution in [0.1, 0.15) is 10.4 Å². The number of hydrogen-bond acceptors (Lipinski definition) is 4. The van der Waals surface area contributed by atoms with Crippen LogP contribution in [0.3, 0.4) is 0 Å². The topological polar surface area (TPSA) is 48.4 Å². The molecule has 0 fully saturated rings. The fourth-order valence-electron chi connectivity index (χ4n) is 0.933. The first-order valence-corrected chi connectivity index (χ1v) is 4.16. The molecule has 0 aliphatic rings. The van der Waals surface area contributed by atoms with Gasteiger partial charge in [-0.3, -0.25) is 4.98 Å². The van der Waals surface area contributed by atoms with E-state index in [1.54, 1.807) is 0 Å². The van der Waals surface area contributed by atoms with Crippen molar-refractivity contribution in [3.05, 3.63) is 24.0 Å². The molecule has 88 valence electrons. The van der Waals surface area contributed by atoms with Gasteiger partial charge in [-0.2, -0.15) is 13.2 Å². The highest BCUT2D eigenvalue weighted by Crippen LogP contribution is 2.21. The zero-order valence-electron chi connectivity index (χ0n) is 8.25. The van der Waals surface area contributed by atoms with Crippen molar-refractivity contribution in [3.8, 4) is 5.75 Å². The Morgan fingerprint density at radius 2 is 2.19 bits per heavy atom. The van der Waals surface area contributed by atoms with Crippen LogP contribution in [0.15, 0.2) is 18.5 Å². The second-order valence-corrected chi connectivity index (χ2v) is 2.77. The van der Waals surface area contributed by atoms with Crippen LogP contribution in [0.25, 0.3) is 0 Å². The second-order valence-electron chi connectivity index (χ2n) is 2.77. The summed E-state index contributed by atoms with van der Waals surface area (Å²) in [5, 5.41) is 0. The molecular formula is C9H8F3NO3. The monoisotopic (exact) mass is 235 g/mol. The normalized spacial score (nSPS) is 11.0. The Kier molecular flexibility index (Phi) is 3.70. The number of carbonyl (C=O) groups excluding carboxylic acids is 1. The van der Waals surface area contributed by atoms with Gasteiger partial charge in [0, 0.05) is 6.20 Å². The third-order valence-electron chi connectivity index (χ3n) is 1.58. The summed E-state index contributed by atoms with van der Waals surface area (Å²) >= 11 is 0. The van der Waals surface area contributed by atoms with Crippen LogP contribution >= 0.6 is 0 Å². The molecule has 0 radical (unpaired) electrons. The van der Waals surface area contributed by atoms with Crippen molar-refractivity contribution in [2.75, 3.05) is 13.7 Å². The molecule has 0 saturated heterocycles. The van der Waals surface area contributed by atoms with Crippen LogP contribution in [0.2, 0.25) is 0 Å². The minimum absolute atomic E-state index is 0.0956.